The molecule has 0 aliphatic rings. The van der Waals surface area contributed by atoms with Crippen LogP contribution in [0.4, 0.5) is 5.13 Å². The van der Waals surface area contributed by atoms with Gasteiger partial charge in [0.25, 0.3) is 0 Å². The van der Waals surface area contributed by atoms with Crippen LogP contribution in [0.25, 0.3) is 0 Å². The van der Waals surface area contributed by atoms with Crippen LogP contribution in [-0.2, 0) is 4.74 Å². The second-order valence-corrected chi connectivity index (χ2v) is 5.19. The monoisotopic (exact) mass is 271 g/mol. The predicted molar refractivity (Wildman–Crippen MR) is 78.6 cm³/mol. The van der Waals surface area contributed by atoms with Crippen molar-refractivity contribution in [2.24, 2.45) is 0 Å². The number of rotatable bonds is 9. The van der Waals surface area contributed by atoms with E-state index in [-0.39, 0.29) is 0 Å². The highest BCUT2D eigenvalue weighted by Crippen LogP contribution is 2.22. The molecule has 4 nitrogen and oxygen atoms in total. The average Bonchev–Trinajstić information content (AvgIpc) is 2.85. The van der Waals surface area contributed by atoms with Gasteiger partial charge in [-0.25, -0.2) is 4.98 Å². The van der Waals surface area contributed by atoms with Crippen LogP contribution in [0.15, 0.2) is 5.38 Å². The van der Waals surface area contributed by atoms with Crippen LogP contribution < -0.4 is 10.2 Å². The molecular weight excluding hydrogens is 246 g/mol. The summed E-state index contributed by atoms with van der Waals surface area (Å²) in [7, 11) is 2.06. The molecule has 0 bridgehead atoms. The summed E-state index contributed by atoms with van der Waals surface area (Å²) in [6.45, 7) is 9.80. The molecule has 5 heteroatoms. The molecule has 0 amide bonds. The zero-order valence-corrected chi connectivity index (χ0v) is 12.7. The highest BCUT2D eigenvalue weighted by molar-refractivity contribution is 7.13. The Bertz CT molecular complexity index is 330. The minimum Gasteiger partial charge on any atom is -0.380 e. The Morgan fingerprint density at radius 2 is 2.28 bits per heavy atom. The first-order chi connectivity index (χ1) is 8.69. The van der Waals surface area contributed by atoms with Gasteiger partial charge in [-0.15, -0.1) is 11.3 Å². The molecule has 0 fully saturated rings. The molecule has 0 radical (unpaired) electrons. The molecule has 0 aliphatic heterocycles. The Balaban J connectivity index is 2.46. The number of nitrogens with one attached hydrogen (secondary N) is 1. The van der Waals surface area contributed by atoms with Gasteiger partial charge in [-0.2, -0.15) is 0 Å². The van der Waals surface area contributed by atoms with Crippen LogP contribution in [0, 0.1) is 0 Å². The van der Waals surface area contributed by atoms with Gasteiger partial charge in [-0.05, 0) is 26.8 Å². The predicted octanol–water partition coefficient (Wildman–Crippen LogP) is 2.68. The summed E-state index contributed by atoms with van der Waals surface area (Å²) >= 11 is 1.70. The summed E-state index contributed by atoms with van der Waals surface area (Å²) in [6.07, 6.45) is 1.15. The third kappa shape index (κ3) is 4.92. The number of ether oxygens (including phenoxy) is 1. The van der Waals surface area contributed by atoms with Gasteiger partial charge in [-0.3, -0.25) is 0 Å². The maximum absolute atomic E-state index is 5.36. The van der Waals surface area contributed by atoms with Crippen LogP contribution in [0.5, 0.6) is 0 Å². The lowest BCUT2D eigenvalue weighted by Gasteiger charge is -2.15. The minimum atomic E-state index is 0.329. The fourth-order valence-electron chi connectivity index (χ4n) is 1.56. The molecule has 1 aromatic rings. The lowest BCUT2D eigenvalue weighted by molar-refractivity contribution is 0.154. The second kappa shape index (κ2) is 8.45. The SMILES string of the molecule is CCCNC(C)c1csc(N(C)CCOCC)n1. The number of hydrogen-bond acceptors (Lipinski definition) is 5. The van der Waals surface area contributed by atoms with Crippen LogP contribution in [0.1, 0.15) is 38.9 Å². The van der Waals surface area contributed by atoms with E-state index in [2.05, 4.69) is 41.5 Å². The Kier molecular flexibility index (Phi) is 7.23. The van der Waals surface area contributed by atoms with Gasteiger partial charge in [0.2, 0.25) is 0 Å². The van der Waals surface area contributed by atoms with Crippen molar-refractivity contribution < 1.29 is 4.74 Å². The number of thiazole rings is 1. The first kappa shape index (κ1) is 15.4. The Labute approximate surface area is 114 Å². The first-order valence-corrected chi connectivity index (χ1v) is 7.54. The lowest BCUT2D eigenvalue weighted by Crippen LogP contribution is -2.23. The molecule has 0 saturated carbocycles. The van der Waals surface area contributed by atoms with Crippen LogP contribution in [0.2, 0.25) is 0 Å². The van der Waals surface area contributed by atoms with Gasteiger partial charge >= 0.3 is 0 Å². The Hall–Kier alpha value is -0.650. The molecule has 1 unspecified atom stereocenters. The molecular formula is C13H25N3OS. The fraction of sp³-hybridized carbons (Fsp3) is 0.769. The van der Waals surface area contributed by atoms with Crippen molar-refractivity contribution in [3.63, 3.8) is 0 Å². The molecule has 0 aromatic carbocycles. The van der Waals surface area contributed by atoms with Crippen molar-refractivity contribution in [1.82, 2.24) is 10.3 Å². The van der Waals surface area contributed by atoms with Gasteiger partial charge in [0.1, 0.15) is 0 Å². The normalized spacial score (nSPS) is 12.7. The van der Waals surface area contributed by atoms with E-state index in [0.29, 0.717) is 6.04 Å². The van der Waals surface area contributed by atoms with E-state index in [4.69, 9.17) is 4.74 Å². The molecule has 1 heterocycles. The molecule has 1 rings (SSSR count). The Morgan fingerprint density at radius 1 is 1.50 bits per heavy atom. The summed E-state index contributed by atoms with van der Waals surface area (Å²) in [6, 6.07) is 0.329. The quantitative estimate of drug-likeness (QED) is 0.701. The summed E-state index contributed by atoms with van der Waals surface area (Å²) < 4.78 is 5.36. The van der Waals surface area contributed by atoms with Crippen molar-refractivity contribution in [3.05, 3.63) is 11.1 Å². The largest absolute Gasteiger partial charge is 0.380 e. The molecule has 1 N–H and O–H groups in total. The van der Waals surface area contributed by atoms with Gasteiger partial charge in [0.05, 0.1) is 12.3 Å². The number of nitrogens with zero attached hydrogens (tertiary/aromatic N) is 2. The summed E-state index contributed by atoms with van der Waals surface area (Å²) in [5.41, 5.74) is 1.13. The molecule has 18 heavy (non-hydrogen) atoms. The van der Waals surface area contributed by atoms with Gasteiger partial charge in [0, 0.05) is 31.6 Å². The maximum Gasteiger partial charge on any atom is 0.185 e. The van der Waals surface area contributed by atoms with Crippen LogP contribution >= 0.6 is 11.3 Å². The zero-order chi connectivity index (χ0) is 13.4. The molecule has 0 spiro atoms. The van der Waals surface area contributed by atoms with Gasteiger partial charge in [-0.1, -0.05) is 6.92 Å². The molecule has 104 valence electrons. The van der Waals surface area contributed by atoms with E-state index in [0.717, 1.165) is 43.5 Å². The number of anilines is 1. The Morgan fingerprint density at radius 3 is 2.94 bits per heavy atom. The molecule has 1 aromatic heterocycles. The third-order valence-electron chi connectivity index (χ3n) is 2.76. The van der Waals surface area contributed by atoms with Gasteiger partial charge in [0.15, 0.2) is 5.13 Å². The van der Waals surface area contributed by atoms with Crippen molar-refractivity contribution in [2.45, 2.75) is 33.2 Å². The average molecular weight is 271 g/mol. The molecule has 1 atom stereocenters. The lowest BCUT2D eigenvalue weighted by atomic mass is 10.2. The van der Waals surface area contributed by atoms with E-state index in [1.807, 2.05) is 6.92 Å². The highest BCUT2D eigenvalue weighted by atomic mass is 32.1. The molecule has 0 saturated heterocycles. The summed E-state index contributed by atoms with van der Waals surface area (Å²) in [5, 5.41) is 6.66. The zero-order valence-electron chi connectivity index (χ0n) is 11.9. The number of likely N-dealkylation sites (N-methyl/N-ethyl adjacent to an activating group) is 1. The summed E-state index contributed by atoms with van der Waals surface area (Å²) in [4.78, 5) is 6.82. The van der Waals surface area contributed by atoms with Crippen LogP contribution in [0.3, 0.4) is 0 Å². The van der Waals surface area contributed by atoms with Gasteiger partial charge < -0.3 is 15.0 Å². The van der Waals surface area contributed by atoms with E-state index in [1.165, 1.54) is 0 Å². The third-order valence-corrected chi connectivity index (χ3v) is 3.73. The standard InChI is InChI=1S/C13H25N3OS/c1-5-7-14-11(3)12-10-18-13(15-12)16(4)8-9-17-6-2/h10-11,14H,5-9H2,1-4H3. The van der Waals surface area contributed by atoms with Crippen molar-refractivity contribution in [2.75, 3.05) is 38.3 Å². The number of aromatic nitrogens is 1. The second-order valence-electron chi connectivity index (χ2n) is 4.35. The first-order valence-electron chi connectivity index (χ1n) is 6.66. The smallest absolute Gasteiger partial charge is 0.185 e. The van der Waals surface area contributed by atoms with E-state index in [1.54, 1.807) is 11.3 Å². The van der Waals surface area contributed by atoms with E-state index in [9.17, 15) is 0 Å². The molecule has 0 aliphatic carbocycles. The van der Waals surface area contributed by atoms with Crippen LogP contribution in [-0.4, -0.2) is 38.3 Å². The fourth-order valence-corrected chi connectivity index (χ4v) is 2.47. The summed E-state index contributed by atoms with van der Waals surface area (Å²) in [5.74, 6) is 0. The number of hydrogen-bond donors (Lipinski definition) is 1. The topological polar surface area (TPSA) is 37.4 Å². The van der Waals surface area contributed by atoms with E-state index >= 15 is 0 Å². The van der Waals surface area contributed by atoms with Crippen molar-refractivity contribution >= 4 is 16.5 Å². The van der Waals surface area contributed by atoms with Crippen molar-refractivity contribution in [1.29, 1.82) is 0 Å². The van der Waals surface area contributed by atoms with Crippen molar-refractivity contribution in [3.8, 4) is 0 Å². The van der Waals surface area contributed by atoms with E-state index < -0.39 is 0 Å². The maximum atomic E-state index is 5.36. The minimum absolute atomic E-state index is 0.329. The highest BCUT2D eigenvalue weighted by Gasteiger charge is 2.11.